The Morgan fingerprint density at radius 3 is 2.52 bits per heavy atom. The zero-order valence-corrected chi connectivity index (χ0v) is 19.4. The summed E-state index contributed by atoms with van der Waals surface area (Å²) in [7, 11) is 0. The average molecular weight is 479 g/mol. The Labute approximate surface area is 201 Å². The van der Waals surface area contributed by atoms with Crippen molar-refractivity contribution in [3.8, 4) is 0 Å². The summed E-state index contributed by atoms with van der Waals surface area (Å²) < 4.78 is 8.88. The monoisotopic (exact) mass is 478 g/mol. The Bertz CT molecular complexity index is 1280. The molecule has 2 heterocycles. The molecule has 0 atom stereocenters. The standard InChI is InChI=1S/C26H23ClN2O3S/c27-22-6-2-1-5-21(22)26(31)13-15-29(16-14-26)25(30)19-8-10-20(11-9-19)28-33-23-7-3-4-18-12-17-32-24(18)23/h1-12,17,28,31H,13-16H2. The summed E-state index contributed by atoms with van der Waals surface area (Å²) >= 11 is 7.76. The lowest BCUT2D eigenvalue weighted by molar-refractivity contribution is -0.0210. The molecule has 0 bridgehead atoms. The Balaban J connectivity index is 1.20. The van der Waals surface area contributed by atoms with E-state index in [9.17, 15) is 9.90 Å². The second kappa shape index (κ2) is 9.14. The van der Waals surface area contributed by atoms with Crippen LogP contribution in [0.1, 0.15) is 28.8 Å². The number of aliphatic hydroxyl groups is 1. The van der Waals surface area contributed by atoms with Crippen molar-refractivity contribution in [2.24, 2.45) is 0 Å². The molecule has 5 rings (SSSR count). The Morgan fingerprint density at radius 2 is 1.76 bits per heavy atom. The lowest BCUT2D eigenvalue weighted by Crippen LogP contribution is -2.45. The van der Waals surface area contributed by atoms with E-state index in [1.165, 1.54) is 11.9 Å². The number of carbonyl (C=O) groups is 1. The van der Waals surface area contributed by atoms with Crippen molar-refractivity contribution in [3.05, 3.63) is 95.2 Å². The minimum atomic E-state index is -1.00. The van der Waals surface area contributed by atoms with E-state index in [2.05, 4.69) is 4.72 Å². The summed E-state index contributed by atoms with van der Waals surface area (Å²) in [5.74, 6) is -0.0317. The predicted molar refractivity (Wildman–Crippen MR) is 133 cm³/mol. The van der Waals surface area contributed by atoms with E-state index >= 15 is 0 Å². The summed E-state index contributed by atoms with van der Waals surface area (Å²) in [6.45, 7) is 0.952. The second-order valence-corrected chi connectivity index (χ2v) is 9.44. The minimum Gasteiger partial charge on any atom is -0.463 e. The van der Waals surface area contributed by atoms with Gasteiger partial charge in [0.15, 0.2) is 0 Å². The number of nitrogens with one attached hydrogen (secondary N) is 1. The van der Waals surface area contributed by atoms with Crippen molar-refractivity contribution < 1.29 is 14.3 Å². The largest absolute Gasteiger partial charge is 0.463 e. The summed E-state index contributed by atoms with van der Waals surface area (Å²) in [6, 6.07) is 22.8. The van der Waals surface area contributed by atoms with E-state index in [0.29, 0.717) is 36.5 Å². The maximum atomic E-state index is 13.0. The van der Waals surface area contributed by atoms with Crippen LogP contribution in [-0.4, -0.2) is 29.0 Å². The van der Waals surface area contributed by atoms with Crippen LogP contribution in [0, 0.1) is 0 Å². The summed E-state index contributed by atoms with van der Waals surface area (Å²) in [5.41, 5.74) is 2.10. The number of para-hydroxylation sites is 1. The fourth-order valence-corrected chi connectivity index (χ4v) is 5.29. The van der Waals surface area contributed by atoms with Gasteiger partial charge in [0.2, 0.25) is 0 Å². The summed E-state index contributed by atoms with van der Waals surface area (Å²) in [5, 5.41) is 12.7. The van der Waals surface area contributed by atoms with Gasteiger partial charge in [-0.2, -0.15) is 0 Å². The van der Waals surface area contributed by atoms with E-state index in [-0.39, 0.29) is 5.91 Å². The molecule has 2 N–H and O–H groups in total. The lowest BCUT2D eigenvalue weighted by Gasteiger charge is -2.39. The highest BCUT2D eigenvalue weighted by molar-refractivity contribution is 8.00. The van der Waals surface area contributed by atoms with Crippen molar-refractivity contribution in [2.75, 3.05) is 17.8 Å². The topological polar surface area (TPSA) is 65.7 Å². The number of hydrogen-bond donors (Lipinski definition) is 2. The first-order valence-corrected chi connectivity index (χ1v) is 12.0. The number of rotatable bonds is 5. The van der Waals surface area contributed by atoms with Gasteiger partial charge in [0.25, 0.3) is 5.91 Å². The number of nitrogens with zero attached hydrogens (tertiary/aromatic N) is 1. The van der Waals surface area contributed by atoms with Crippen LogP contribution >= 0.6 is 23.5 Å². The van der Waals surface area contributed by atoms with Gasteiger partial charge in [0.05, 0.1) is 16.8 Å². The number of fused-ring (bicyclic) bond motifs is 1. The molecular formula is C26H23ClN2O3S. The minimum absolute atomic E-state index is 0.0317. The van der Waals surface area contributed by atoms with Gasteiger partial charge in [-0.15, -0.1) is 0 Å². The number of hydrogen-bond acceptors (Lipinski definition) is 5. The molecule has 4 aromatic rings. The fraction of sp³-hybridized carbons (Fsp3) is 0.192. The van der Waals surface area contributed by atoms with Gasteiger partial charge in [0.1, 0.15) is 5.58 Å². The van der Waals surface area contributed by atoms with Crippen LogP contribution in [0.15, 0.2) is 88.4 Å². The third-order valence-electron chi connectivity index (χ3n) is 6.11. The van der Waals surface area contributed by atoms with E-state index in [4.69, 9.17) is 16.0 Å². The second-order valence-electron chi connectivity index (χ2n) is 8.18. The zero-order chi connectivity index (χ0) is 22.8. The number of likely N-dealkylation sites (tertiary alicyclic amines) is 1. The molecule has 7 heteroatoms. The number of piperidine rings is 1. The van der Waals surface area contributed by atoms with Gasteiger partial charge in [-0.3, -0.25) is 4.79 Å². The molecule has 0 spiro atoms. The molecule has 1 saturated heterocycles. The Hall–Kier alpha value is -2.93. The summed E-state index contributed by atoms with van der Waals surface area (Å²) in [6.07, 6.45) is 2.60. The van der Waals surface area contributed by atoms with Crippen molar-refractivity contribution >= 4 is 46.1 Å². The molecule has 1 fully saturated rings. The van der Waals surface area contributed by atoms with Crippen molar-refractivity contribution in [2.45, 2.75) is 23.3 Å². The highest BCUT2D eigenvalue weighted by Gasteiger charge is 2.36. The van der Waals surface area contributed by atoms with E-state index in [1.54, 1.807) is 17.2 Å². The predicted octanol–water partition coefficient (Wildman–Crippen LogP) is 6.33. The molecule has 0 unspecified atom stereocenters. The molecule has 0 radical (unpaired) electrons. The Kier molecular flexibility index (Phi) is 6.06. The van der Waals surface area contributed by atoms with Gasteiger partial charge >= 0.3 is 0 Å². The quantitative estimate of drug-likeness (QED) is 0.328. The van der Waals surface area contributed by atoms with Crippen molar-refractivity contribution in [3.63, 3.8) is 0 Å². The number of carbonyl (C=O) groups excluding carboxylic acids is 1. The average Bonchev–Trinajstić information content (AvgIpc) is 3.33. The molecule has 168 valence electrons. The fourth-order valence-electron chi connectivity index (χ4n) is 4.21. The van der Waals surface area contributed by atoms with Crippen LogP contribution < -0.4 is 4.72 Å². The zero-order valence-electron chi connectivity index (χ0n) is 17.8. The SMILES string of the molecule is O=C(c1ccc(NSc2cccc3ccoc23)cc1)N1CCC(O)(c2ccccc2Cl)CC1. The molecule has 1 aromatic heterocycles. The first-order chi connectivity index (χ1) is 16.0. The number of furan rings is 1. The van der Waals surface area contributed by atoms with E-state index in [0.717, 1.165) is 27.1 Å². The smallest absolute Gasteiger partial charge is 0.253 e. The van der Waals surface area contributed by atoms with E-state index < -0.39 is 5.60 Å². The first-order valence-electron chi connectivity index (χ1n) is 10.8. The first kappa shape index (κ1) is 21.9. The van der Waals surface area contributed by atoms with Gasteiger partial charge in [-0.05, 0) is 67.3 Å². The number of anilines is 1. The highest BCUT2D eigenvalue weighted by Crippen LogP contribution is 2.37. The molecule has 33 heavy (non-hydrogen) atoms. The molecular weight excluding hydrogens is 456 g/mol. The number of amides is 1. The maximum absolute atomic E-state index is 13.0. The van der Waals surface area contributed by atoms with Crippen LogP contribution in [0.4, 0.5) is 5.69 Å². The van der Waals surface area contributed by atoms with Gasteiger partial charge < -0.3 is 19.1 Å². The third kappa shape index (κ3) is 4.47. The lowest BCUT2D eigenvalue weighted by atomic mass is 9.84. The van der Waals surface area contributed by atoms with Crippen molar-refractivity contribution in [1.29, 1.82) is 0 Å². The molecule has 1 aliphatic heterocycles. The third-order valence-corrected chi connectivity index (χ3v) is 7.32. The van der Waals surface area contributed by atoms with Gasteiger partial charge in [-0.1, -0.05) is 41.9 Å². The molecule has 1 amide bonds. The van der Waals surface area contributed by atoms with Crippen LogP contribution in [-0.2, 0) is 5.60 Å². The molecule has 0 aliphatic carbocycles. The molecule has 1 aliphatic rings. The molecule has 0 saturated carbocycles. The molecule has 5 nitrogen and oxygen atoms in total. The summed E-state index contributed by atoms with van der Waals surface area (Å²) in [4.78, 5) is 15.8. The highest BCUT2D eigenvalue weighted by atomic mass is 35.5. The Morgan fingerprint density at radius 1 is 1.00 bits per heavy atom. The van der Waals surface area contributed by atoms with Crippen LogP contribution in [0.2, 0.25) is 5.02 Å². The van der Waals surface area contributed by atoms with Crippen molar-refractivity contribution in [1.82, 2.24) is 4.90 Å². The van der Waals surface area contributed by atoms with Gasteiger partial charge in [-0.25, -0.2) is 0 Å². The van der Waals surface area contributed by atoms with Crippen LogP contribution in [0.3, 0.4) is 0 Å². The molecule has 3 aromatic carbocycles. The normalized spacial score (nSPS) is 15.5. The van der Waals surface area contributed by atoms with Crippen LogP contribution in [0.25, 0.3) is 11.0 Å². The number of halogens is 1. The van der Waals surface area contributed by atoms with Crippen LogP contribution in [0.5, 0.6) is 0 Å². The van der Waals surface area contributed by atoms with Gasteiger partial charge in [0, 0.05) is 40.3 Å². The number of benzene rings is 3. The van der Waals surface area contributed by atoms with E-state index in [1.807, 2.05) is 66.7 Å². The maximum Gasteiger partial charge on any atom is 0.253 e.